The van der Waals surface area contributed by atoms with Crippen LogP contribution in [0.3, 0.4) is 0 Å². The molecule has 4 nitrogen and oxygen atoms in total. The van der Waals surface area contributed by atoms with Gasteiger partial charge in [-0.3, -0.25) is 0 Å². The van der Waals surface area contributed by atoms with Crippen LogP contribution >= 0.6 is 22.9 Å². The predicted octanol–water partition coefficient (Wildman–Crippen LogP) is 6.59. The van der Waals surface area contributed by atoms with E-state index in [0.717, 1.165) is 29.2 Å². The molecule has 1 saturated heterocycles. The lowest BCUT2D eigenvalue weighted by Gasteiger charge is -2.28. The van der Waals surface area contributed by atoms with Gasteiger partial charge in [-0.05, 0) is 72.7 Å². The summed E-state index contributed by atoms with van der Waals surface area (Å²) in [7, 11) is 1.64. The quantitative estimate of drug-likeness (QED) is 0.426. The Balaban J connectivity index is 1.38. The molecule has 0 unspecified atom stereocenters. The average Bonchev–Trinajstić information content (AvgIpc) is 3.31. The van der Waals surface area contributed by atoms with Crippen molar-refractivity contribution in [2.45, 2.75) is 32.4 Å². The highest BCUT2D eigenvalue weighted by Crippen LogP contribution is 2.37. The SMILES string of the molecule is COc1cc(CNc2ccc(N3CCCCC3)cc2)cc(Cl)c1OCc1cccs1. The van der Waals surface area contributed by atoms with Gasteiger partial charge in [0.05, 0.1) is 12.1 Å². The zero-order valence-electron chi connectivity index (χ0n) is 17.2. The predicted molar refractivity (Wildman–Crippen MR) is 126 cm³/mol. The summed E-state index contributed by atoms with van der Waals surface area (Å²) in [6.07, 6.45) is 3.92. The molecule has 0 atom stereocenters. The maximum atomic E-state index is 6.51. The molecule has 1 aromatic heterocycles. The zero-order valence-corrected chi connectivity index (χ0v) is 18.8. The highest BCUT2D eigenvalue weighted by molar-refractivity contribution is 7.09. The molecule has 0 radical (unpaired) electrons. The van der Waals surface area contributed by atoms with E-state index in [1.165, 1.54) is 24.9 Å². The molecule has 2 heterocycles. The van der Waals surface area contributed by atoms with E-state index in [1.54, 1.807) is 18.4 Å². The van der Waals surface area contributed by atoms with E-state index in [9.17, 15) is 0 Å². The summed E-state index contributed by atoms with van der Waals surface area (Å²) in [5.41, 5.74) is 3.43. The molecular weight excluding hydrogens is 416 g/mol. The van der Waals surface area contributed by atoms with Gasteiger partial charge in [0.25, 0.3) is 0 Å². The number of rotatable bonds is 8. The molecule has 0 spiro atoms. The molecule has 1 N–H and O–H groups in total. The molecule has 6 heteroatoms. The third-order valence-corrected chi connectivity index (χ3v) is 6.44. The molecule has 0 aliphatic carbocycles. The van der Waals surface area contributed by atoms with Gasteiger partial charge in [-0.1, -0.05) is 17.7 Å². The van der Waals surface area contributed by atoms with Crippen molar-refractivity contribution in [3.8, 4) is 11.5 Å². The van der Waals surface area contributed by atoms with Crippen molar-refractivity contribution in [2.75, 3.05) is 30.4 Å². The topological polar surface area (TPSA) is 33.7 Å². The summed E-state index contributed by atoms with van der Waals surface area (Å²) in [6.45, 7) is 3.46. The first-order valence-electron chi connectivity index (χ1n) is 10.3. The number of hydrogen-bond donors (Lipinski definition) is 1. The molecule has 1 fully saturated rings. The van der Waals surface area contributed by atoms with Crippen molar-refractivity contribution < 1.29 is 9.47 Å². The number of nitrogens with one attached hydrogen (secondary N) is 1. The molecule has 0 bridgehead atoms. The lowest BCUT2D eigenvalue weighted by Crippen LogP contribution is -2.29. The number of hydrogen-bond acceptors (Lipinski definition) is 5. The summed E-state index contributed by atoms with van der Waals surface area (Å²) in [6, 6.07) is 16.6. The Bertz CT molecular complexity index is 939. The molecule has 3 aromatic rings. The first-order chi connectivity index (χ1) is 14.7. The van der Waals surface area contributed by atoms with Crippen LogP contribution in [0.1, 0.15) is 29.7 Å². The Kier molecular flexibility index (Phi) is 7.03. The fraction of sp³-hybridized carbons (Fsp3) is 0.333. The van der Waals surface area contributed by atoms with Crippen molar-refractivity contribution in [1.29, 1.82) is 0 Å². The number of methoxy groups -OCH3 is 1. The number of nitrogens with zero attached hydrogens (tertiary/aromatic N) is 1. The van der Waals surface area contributed by atoms with Crippen molar-refractivity contribution in [3.05, 3.63) is 69.4 Å². The number of thiophene rings is 1. The molecule has 0 amide bonds. The van der Waals surface area contributed by atoms with Crippen LogP contribution < -0.4 is 19.7 Å². The summed E-state index contributed by atoms with van der Waals surface area (Å²) in [5, 5.41) is 6.06. The van der Waals surface area contributed by atoms with E-state index in [4.69, 9.17) is 21.1 Å². The van der Waals surface area contributed by atoms with E-state index >= 15 is 0 Å². The van der Waals surface area contributed by atoms with Crippen molar-refractivity contribution in [1.82, 2.24) is 0 Å². The van der Waals surface area contributed by atoms with E-state index in [-0.39, 0.29) is 0 Å². The van der Waals surface area contributed by atoms with Crippen molar-refractivity contribution >= 4 is 34.3 Å². The van der Waals surface area contributed by atoms with E-state index in [2.05, 4.69) is 34.5 Å². The van der Waals surface area contributed by atoms with Crippen LogP contribution in [0.15, 0.2) is 53.9 Å². The highest BCUT2D eigenvalue weighted by Gasteiger charge is 2.13. The van der Waals surface area contributed by atoms with Gasteiger partial charge in [-0.15, -0.1) is 11.3 Å². The standard InChI is InChI=1S/C24H27ClN2O2S/c1-28-23-15-18(14-22(25)24(23)29-17-21-6-5-13-30-21)16-26-19-7-9-20(10-8-19)27-11-3-2-4-12-27/h5-10,13-15,26H,2-4,11-12,16-17H2,1H3. The largest absolute Gasteiger partial charge is 0.493 e. The minimum absolute atomic E-state index is 0.481. The average molecular weight is 443 g/mol. The maximum Gasteiger partial charge on any atom is 0.180 e. The normalized spacial score (nSPS) is 13.9. The van der Waals surface area contributed by atoms with E-state index < -0.39 is 0 Å². The zero-order chi connectivity index (χ0) is 20.8. The Hall–Kier alpha value is -2.37. The highest BCUT2D eigenvalue weighted by atomic mass is 35.5. The molecule has 0 saturated carbocycles. The van der Waals surface area contributed by atoms with Crippen LogP contribution in [0, 0.1) is 0 Å². The summed E-state index contributed by atoms with van der Waals surface area (Å²) in [5.74, 6) is 1.23. The molecular formula is C24H27ClN2O2S. The Morgan fingerprint density at radius 1 is 1.07 bits per heavy atom. The van der Waals surface area contributed by atoms with Gasteiger partial charge in [0.2, 0.25) is 0 Å². The van der Waals surface area contributed by atoms with Crippen LogP contribution in [0.25, 0.3) is 0 Å². The maximum absolute atomic E-state index is 6.51. The molecule has 1 aliphatic rings. The second kappa shape index (κ2) is 10.1. The van der Waals surface area contributed by atoms with E-state index in [0.29, 0.717) is 29.7 Å². The van der Waals surface area contributed by atoms with Crippen LogP contribution in [-0.2, 0) is 13.2 Å². The van der Waals surface area contributed by atoms with Crippen LogP contribution in [0.4, 0.5) is 11.4 Å². The van der Waals surface area contributed by atoms with Crippen molar-refractivity contribution in [2.24, 2.45) is 0 Å². The number of piperidine rings is 1. The monoisotopic (exact) mass is 442 g/mol. The Morgan fingerprint density at radius 3 is 2.57 bits per heavy atom. The Labute approximate surface area is 187 Å². The second-order valence-electron chi connectivity index (χ2n) is 7.43. The fourth-order valence-electron chi connectivity index (χ4n) is 3.70. The third kappa shape index (κ3) is 5.21. The smallest absolute Gasteiger partial charge is 0.180 e. The molecule has 2 aromatic carbocycles. The minimum atomic E-state index is 0.481. The number of ether oxygens (including phenoxy) is 2. The summed E-state index contributed by atoms with van der Waals surface area (Å²) in [4.78, 5) is 3.61. The lowest BCUT2D eigenvalue weighted by molar-refractivity contribution is 0.287. The van der Waals surface area contributed by atoms with Gasteiger partial charge in [-0.25, -0.2) is 0 Å². The third-order valence-electron chi connectivity index (χ3n) is 5.31. The minimum Gasteiger partial charge on any atom is -0.493 e. The molecule has 1 aliphatic heterocycles. The summed E-state index contributed by atoms with van der Waals surface area (Å²) < 4.78 is 11.5. The van der Waals surface area contributed by atoms with Gasteiger partial charge in [0, 0.05) is 35.9 Å². The van der Waals surface area contributed by atoms with Gasteiger partial charge in [0.15, 0.2) is 11.5 Å². The number of anilines is 2. The number of halogens is 1. The van der Waals surface area contributed by atoms with Crippen molar-refractivity contribution in [3.63, 3.8) is 0 Å². The Morgan fingerprint density at radius 2 is 1.87 bits per heavy atom. The molecule has 30 heavy (non-hydrogen) atoms. The molecule has 158 valence electrons. The van der Waals surface area contributed by atoms with Gasteiger partial charge >= 0.3 is 0 Å². The van der Waals surface area contributed by atoms with Crippen LogP contribution in [-0.4, -0.2) is 20.2 Å². The first kappa shape index (κ1) is 20.9. The van der Waals surface area contributed by atoms with Crippen LogP contribution in [0.2, 0.25) is 5.02 Å². The van der Waals surface area contributed by atoms with Gasteiger partial charge in [0.1, 0.15) is 6.61 Å². The fourth-order valence-corrected chi connectivity index (χ4v) is 4.60. The van der Waals surface area contributed by atoms with Gasteiger partial charge in [-0.2, -0.15) is 0 Å². The second-order valence-corrected chi connectivity index (χ2v) is 8.86. The van der Waals surface area contributed by atoms with E-state index in [1.807, 2.05) is 29.6 Å². The first-order valence-corrected chi connectivity index (χ1v) is 11.6. The van der Waals surface area contributed by atoms with Gasteiger partial charge < -0.3 is 19.7 Å². The summed E-state index contributed by atoms with van der Waals surface area (Å²) >= 11 is 8.17. The number of benzene rings is 2. The lowest BCUT2D eigenvalue weighted by atomic mass is 10.1. The van der Waals surface area contributed by atoms with Crippen LogP contribution in [0.5, 0.6) is 11.5 Å². The molecule has 4 rings (SSSR count).